The van der Waals surface area contributed by atoms with E-state index in [1.165, 1.54) is 11.0 Å². The molecule has 2 saturated heterocycles. The number of aryl methyl sites for hydroxylation is 1. The fourth-order valence-electron chi connectivity index (χ4n) is 4.87. The monoisotopic (exact) mass is 479 g/mol. The fourth-order valence-corrected chi connectivity index (χ4v) is 5.77. The van der Waals surface area contributed by atoms with Crippen LogP contribution in [0.25, 0.3) is 0 Å². The van der Waals surface area contributed by atoms with Crippen LogP contribution < -0.4 is 0 Å². The topological polar surface area (TPSA) is 43.9 Å². The summed E-state index contributed by atoms with van der Waals surface area (Å²) in [6.45, 7) is 4.43. The summed E-state index contributed by atoms with van der Waals surface area (Å²) < 4.78 is 40.3. The minimum absolute atomic E-state index is 0.0715. The van der Waals surface area contributed by atoms with Crippen LogP contribution in [0, 0.1) is 0 Å². The second-order valence-corrected chi connectivity index (χ2v) is 9.71. The average Bonchev–Trinajstić information content (AvgIpc) is 3.46. The van der Waals surface area contributed by atoms with E-state index in [-0.39, 0.29) is 24.0 Å². The number of halogens is 3. The van der Waals surface area contributed by atoms with Gasteiger partial charge in [0.2, 0.25) is 5.91 Å². The molecule has 2 aliphatic heterocycles. The zero-order valence-electron chi connectivity index (χ0n) is 18.9. The smallest absolute Gasteiger partial charge is 0.335 e. The molecule has 2 aromatic rings. The third-order valence-corrected chi connectivity index (χ3v) is 7.80. The molecule has 3 heterocycles. The second kappa shape index (κ2) is 9.00. The number of carbonyl (C=O) groups excluding carboxylic acids is 2. The van der Waals surface area contributed by atoms with Gasteiger partial charge < -0.3 is 14.7 Å². The van der Waals surface area contributed by atoms with Gasteiger partial charge in [0.05, 0.1) is 23.7 Å². The first-order chi connectivity index (χ1) is 15.6. The molecule has 1 aromatic carbocycles. The van der Waals surface area contributed by atoms with Crippen LogP contribution in [0.4, 0.5) is 18.0 Å². The lowest BCUT2D eigenvalue weighted by molar-refractivity contribution is -0.137. The van der Waals surface area contributed by atoms with Crippen molar-refractivity contribution < 1.29 is 22.8 Å². The lowest BCUT2D eigenvalue weighted by atomic mass is 9.98. The molecule has 33 heavy (non-hydrogen) atoms. The van der Waals surface area contributed by atoms with E-state index in [0.717, 1.165) is 10.9 Å². The lowest BCUT2D eigenvalue weighted by Gasteiger charge is -2.46. The molecule has 0 saturated carbocycles. The summed E-state index contributed by atoms with van der Waals surface area (Å²) in [4.78, 5) is 32.2. The van der Waals surface area contributed by atoms with Crippen molar-refractivity contribution in [3.8, 4) is 0 Å². The molecule has 9 heteroatoms. The van der Waals surface area contributed by atoms with Crippen LogP contribution in [-0.2, 0) is 17.4 Å². The molecule has 1 aromatic heterocycles. The van der Waals surface area contributed by atoms with Gasteiger partial charge in [0.1, 0.15) is 0 Å². The van der Waals surface area contributed by atoms with E-state index in [9.17, 15) is 22.8 Å². The highest BCUT2D eigenvalue weighted by Crippen LogP contribution is 2.40. The summed E-state index contributed by atoms with van der Waals surface area (Å²) in [5.74, 6) is 0.117. The summed E-state index contributed by atoms with van der Waals surface area (Å²) in [6, 6.07) is 6.85. The number of fused-ring (bicyclic) bond motifs is 1. The maximum Gasteiger partial charge on any atom is 0.416 e. The van der Waals surface area contributed by atoms with Gasteiger partial charge in [0, 0.05) is 31.4 Å². The predicted octanol–water partition coefficient (Wildman–Crippen LogP) is 5.49. The van der Waals surface area contributed by atoms with Gasteiger partial charge in [0.15, 0.2) is 0 Å². The van der Waals surface area contributed by atoms with Crippen molar-refractivity contribution in [2.24, 2.45) is 0 Å². The molecule has 2 fully saturated rings. The molecule has 0 radical (unpaired) electrons. The summed E-state index contributed by atoms with van der Waals surface area (Å²) in [7, 11) is 1.64. The first kappa shape index (κ1) is 23.6. The van der Waals surface area contributed by atoms with E-state index < -0.39 is 17.8 Å². The van der Waals surface area contributed by atoms with Gasteiger partial charge in [0.25, 0.3) is 0 Å². The van der Waals surface area contributed by atoms with Gasteiger partial charge in [-0.15, -0.1) is 11.3 Å². The molecule has 0 N–H and O–H groups in total. The third-order valence-electron chi connectivity index (χ3n) is 6.85. The van der Waals surface area contributed by atoms with E-state index in [2.05, 4.69) is 0 Å². The van der Waals surface area contributed by atoms with Gasteiger partial charge in [-0.05, 0) is 54.5 Å². The Morgan fingerprint density at radius 2 is 2.03 bits per heavy atom. The standard InChI is InChI=1S/C24H28F3N3O2S/c1-4-16-12-17(14-18(13-16)24(25,26)27)15(2)28(3)23(32)30-10-9-29-19(7-8-21(29)31)22(30)20-6-5-11-33-20/h5-6,11-15,19,22H,4,7-10H2,1-3H3/t15-,19+,22-/m1/s1. The molecule has 4 rings (SSSR count). The summed E-state index contributed by atoms with van der Waals surface area (Å²) >= 11 is 1.55. The Morgan fingerprint density at radius 1 is 1.27 bits per heavy atom. The summed E-state index contributed by atoms with van der Waals surface area (Å²) in [5.41, 5.74) is 0.348. The van der Waals surface area contributed by atoms with Crippen LogP contribution in [0.3, 0.4) is 0 Å². The van der Waals surface area contributed by atoms with Gasteiger partial charge in [-0.1, -0.05) is 19.1 Å². The minimum atomic E-state index is -4.45. The van der Waals surface area contributed by atoms with Crippen molar-refractivity contribution in [2.75, 3.05) is 20.1 Å². The highest BCUT2D eigenvalue weighted by Gasteiger charge is 2.46. The number of rotatable bonds is 4. The van der Waals surface area contributed by atoms with Crippen molar-refractivity contribution in [1.82, 2.24) is 14.7 Å². The number of thiophene rings is 1. The predicted molar refractivity (Wildman–Crippen MR) is 121 cm³/mol. The Hall–Kier alpha value is -2.55. The highest BCUT2D eigenvalue weighted by molar-refractivity contribution is 7.10. The van der Waals surface area contributed by atoms with Crippen molar-refractivity contribution >= 4 is 23.3 Å². The number of benzene rings is 1. The van der Waals surface area contributed by atoms with E-state index in [4.69, 9.17) is 0 Å². The molecule has 5 nitrogen and oxygen atoms in total. The maximum atomic E-state index is 13.7. The number of hydrogen-bond donors (Lipinski definition) is 0. The number of urea groups is 1. The average molecular weight is 480 g/mol. The Balaban J connectivity index is 1.62. The highest BCUT2D eigenvalue weighted by atomic mass is 32.1. The van der Waals surface area contributed by atoms with Crippen LogP contribution in [0.2, 0.25) is 0 Å². The molecule has 2 aliphatic rings. The molecule has 0 spiro atoms. The van der Waals surface area contributed by atoms with Crippen LogP contribution in [0.5, 0.6) is 0 Å². The van der Waals surface area contributed by atoms with Crippen LogP contribution in [-0.4, -0.2) is 52.8 Å². The SMILES string of the molecule is CCc1cc([C@@H](C)N(C)C(=O)N2CCN3C(=O)CC[C@H]3[C@@H]2c2cccs2)cc(C(F)(F)F)c1. The van der Waals surface area contributed by atoms with Crippen LogP contribution in [0.1, 0.15) is 60.3 Å². The van der Waals surface area contributed by atoms with Crippen molar-refractivity contribution in [3.63, 3.8) is 0 Å². The minimum Gasteiger partial charge on any atom is -0.335 e. The number of amides is 3. The molecule has 178 valence electrons. The van der Waals surface area contributed by atoms with Crippen molar-refractivity contribution in [3.05, 3.63) is 57.3 Å². The van der Waals surface area contributed by atoms with Gasteiger partial charge in [-0.2, -0.15) is 13.2 Å². The Kier molecular flexibility index (Phi) is 6.44. The second-order valence-electron chi connectivity index (χ2n) is 8.73. The van der Waals surface area contributed by atoms with Crippen molar-refractivity contribution in [1.29, 1.82) is 0 Å². The number of carbonyl (C=O) groups is 2. The van der Waals surface area contributed by atoms with Gasteiger partial charge in [-0.3, -0.25) is 4.79 Å². The number of nitrogens with zero attached hydrogens (tertiary/aromatic N) is 3. The third kappa shape index (κ3) is 4.47. The fraction of sp³-hybridized carbons (Fsp3) is 0.500. The van der Waals surface area contributed by atoms with E-state index in [0.29, 0.717) is 43.5 Å². The Morgan fingerprint density at radius 3 is 2.67 bits per heavy atom. The first-order valence-electron chi connectivity index (χ1n) is 11.2. The van der Waals surface area contributed by atoms with Crippen LogP contribution >= 0.6 is 11.3 Å². The lowest BCUT2D eigenvalue weighted by Crippen LogP contribution is -2.57. The van der Waals surface area contributed by atoms with Crippen LogP contribution in [0.15, 0.2) is 35.7 Å². The normalized spacial score (nSPS) is 21.8. The number of hydrogen-bond acceptors (Lipinski definition) is 3. The molecule has 0 aliphatic carbocycles. The zero-order valence-corrected chi connectivity index (χ0v) is 19.7. The molecule has 0 unspecified atom stereocenters. The molecule has 3 amide bonds. The van der Waals surface area contributed by atoms with E-state index in [1.807, 2.05) is 29.3 Å². The van der Waals surface area contributed by atoms with Gasteiger partial charge >= 0.3 is 12.2 Å². The first-order valence-corrected chi connectivity index (χ1v) is 12.1. The zero-order chi connectivity index (χ0) is 23.9. The van der Waals surface area contributed by atoms with Crippen molar-refractivity contribution in [2.45, 2.75) is 57.4 Å². The Bertz CT molecular complexity index is 1020. The molecule has 0 bridgehead atoms. The van der Waals surface area contributed by atoms with E-state index in [1.54, 1.807) is 36.3 Å². The molecular weight excluding hydrogens is 451 g/mol. The Labute approximate surface area is 195 Å². The molecular formula is C24H28F3N3O2S. The summed E-state index contributed by atoms with van der Waals surface area (Å²) in [5, 5.41) is 1.95. The molecule has 3 atom stereocenters. The summed E-state index contributed by atoms with van der Waals surface area (Å²) in [6.07, 6.45) is -2.81. The number of alkyl halides is 3. The van der Waals surface area contributed by atoms with Gasteiger partial charge in [-0.25, -0.2) is 4.79 Å². The van der Waals surface area contributed by atoms with E-state index >= 15 is 0 Å². The largest absolute Gasteiger partial charge is 0.416 e. The maximum absolute atomic E-state index is 13.7. The number of piperazine rings is 1. The quantitative estimate of drug-likeness (QED) is 0.582.